The maximum atomic E-state index is 11.8. The normalized spacial score (nSPS) is 14.8. The molecule has 0 amide bonds. The van der Waals surface area contributed by atoms with Crippen molar-refractivity contribution < 1.29 is 14.3 Å². The Balaban J connectivity index is 2.09. The van der Waals surface area contributed by atoms with E-state index in [-0.39, 0.29) is 0 Å². The van der Waals surface area contributed by atoms with Gasteiger partial charge in [0.05, 0.1) is 5.57 Å². The highest BCUT2D eigenvalue weighted by Gasteiger charge is 2.31. The number of hydrogen-bond acceptors (Lipinski definition) is 3. The van der Waals surface area contributed by atoms with Gasteiger partial charge in [-0.3, -0.25) is 0 Å². The molecule has 0 bridgehead atoms. The summed E-state index contributed by atoms with van der Waals surface area (Å²) in [5, 5.41) is 0. The molecule has 0 fully saturated rings. The zero-order valence-electron chi connectivity index (χ0n) is 11.9. The number of rotatable bonds is 7. The number of hydrogen-bond donors (Lipinski definition) is 0. The molecule has 1 aliphatic heterocycles. The van der Waals surface area contributed by atoms with Crippen LogP contribution in [0, 0.1) is 0 Å². The molecule has 1 aliphatic rings. The highest BCUT2D eigenvalue weighted by Crippen LogP contribution is 2.25. The van der Waals surface area contributed by atoms with E-state index in [9.17, 15) is 9.59 Å². The summed E-state index contributed by atoms with van der Waals surface area (Å²) < 4.78 is 4.76. The molecular weight excluding hydrogens is 252 g/mol. The Morgan fingerprint density at radius 1 is 0.900 bits per heavy atom. The Kier molecular flexibility index (Phi) is 5.10. The van der Waals surface area contributed by atoms with Gasteiger partial charge >= 0.3 is 11.9 Å². The fourth-order valence-corrected chi connectivity index (χ4v) is 2.41. The quantitative estimate of drug-likeness (QED) is 0.433. The number of benzene rings is 1. The van der Waals surface area contributed by atoms with Gasteiger partial charge in [0, 0.05) is 12.0 Å². The molecule has 0 unspecified atom stereocenters. The number of carbonyl (C=O) groups excluding carboxylic acids is 2. The van der Waals surface area contributed by atoms with Gasteiger partial charge in [-0.2, -0.15) is 0 Å². The van der Waals surface area contributed by atoms with Crippen molar-refractivity contribution >= 4 is 11.9 Å². The van der Waals surface area contributed by atoms with Crippen LogP contribution in [-0.4, -0.2) is 11.9 Å². The molecule has 1 heterocycles. The molecule has 0 aromatic heterocycles. The minimum Gasteiger partial charge on any atom is -0.386 e. The van der Waals surface area contributed by atoms with Crippen LogP contribution in [0.5, 0.6) is 0 Å². The third-order valence-electron chi connectivity index (χ3n) is 3.55. The van der Waals surface area contributed by atoms with Crippen molar-refractivity contribution in [1.29, 1.82) is 0 Å². The average Bonchev–Trinajstić information content (AvgIpc) is 2.71. The van der Waals surface area contributed by atoms with Crippen molar-refractivity contribution in [2.24, 2.45) is 0 Å². The van der Waals surface area contributed by atoms with Crippen LogP contribution < -0.4 is 0 Å². The Hall–Kier alpha value is -1.90. The first kappa shape index (κ1) is 14.5. The molecule has 0 N–H and O–H groups in total. The molecule has 3 nitrogen and oxygen atoms in total. The van der Waals surface area contributed by atoms with Gasteiger partial charge < -0.3 is 4.74 Å². The average molecular weight is 272 g/mol. The Morgan fingerprint density at radius 3 is 2.30 bits per heavy atom. The number of carbonyl (C=O) groups is 2. The second kappa shape index (κ2) is 7.04. The van der Waals surface area contributed by atoms with Crippen LogP contribution in [0.3, 0.4) is 0 Å². The third kappa shape index (κ3) is 3.56. The van der Waals surface area contributed by atoms with Crippen LogP contribution in [-0.2, 0) is 20.7 Å². The highest BCUT2D eigenvalue weighted by atomic mass is 16.6. The number of ether oxygens (including phenoxy) is 1. The van der Waals surface area contributed by atoms with Gasteiger partial charge in [-0.05, 0) is 18.4 Å². The largest absolute Gasteiger partial charge is 0.386 e. The summed E-state index contributed by atoms with van der Waals surface area (Å²) >= 11 is 0. The molecule has 0 radical (unpaired) electrons. The fourth-order valence-electron chi connectivity index (χ4n) is 2.41. The van der Waals surface area contributed by atoms with E-state index in [1.807, 2.05) is 30.3 Å². The molecule has 1 aromatic carbocycles. The van der Waals surface area contributed by atoms with E-state index in [4.69, 9.17) is 4.74 Å². The smallest absolute Gasteiger partial charge is 0.342 e. The predicted molar refractivity (Wildman–Crippen MR) is 77.0 cm³/mol. The standard InChI is InChI=1S/C17H20O3/c1-2-3-4-8-11-14-15(17(19)20-16(14)18)12-13-9-6-5-7-10-13/h5-7,9-10H,2-4,8,11-12H2,1H3. The van der Waals surface area contributed by atoms with Crippen LogP contribution in [0.2, 0.25) is 0 Å². The van der Waals surface area contributed by atoms with Crippen LogP contribution in [0.4, 0.5) is 0 Å². The molecule has 1 aromatic rings. The molecule has 2 rings (SSSR count). The third-order valence-corrected chi connectivity index (χ3v) is 3.55. The maximum absolute atomic E-state index is 11.8. The second-order valence-corrected chi connectivity index (χ2v) is 5.11. The summed E-state index contributed by atoms with van der Waals surface area (Å²) in [6.45, 7) is 2.15. The van der Waals surface area contributed by atoms with Gasteiger partial charge in [0.15, 0.2) is 0 Å². The van der Waals surface area contributed by atoms with Crippen LogP contribution in [0.1, 0.15) is 44.6 Å². The maximum Gasteiger partial charge on any atom is 0.342 e. The lowest BCUT2D eigenvalue weighted by Gasteiger charge is -2.03. The first-order chi connectivity index (χ1) is 9.72. The Bertz CT molecular complexity index is 514. The van der Waals surface area contributed by atoms with Gasteiger partial charge in [0.1, 0.15) is 0 Å². The summed E-state index contributed by atoms with van der Waals surface area (Å²) in [4.78, 5) is 23.5. The summed E-state index contributed by atoms with van der Waals surface area (Å²) in [6.07, 6.45) is 5.45. The van der Waals surface area contributed by atoms with Crippen LogP contribution in [0.25, 0.3) is 0 Å². The van der Waals surface area contributed by atoms with Crippen LogP contribution >= 0.6 is 0 Å². The van der Waals surface area contributed by atoms with E-state index in [0.717, 1.165) is 31.2 Å². The summed E-state index contributed by atoms with van der Waals surface area (Å²) in [5.41, 5.74) is 2.15. The monoisotopic (exact) mass is 272 g/mol. The second-order valence-electron chi connectivity index (χ2n) is 5.11. The molecule has 3 heteroatoms. The predicted octanol–water partition coefficient (Wildman–Crippen LogP) is 3.58. The van der Waals surface area contributed by atoms with Crippen molar-refractivity contribution in [3.05, 3.63) is 47.0 Å². The molecule has 0 aliphatic carbocycles. The van der Waals surface area contributed by atoms with E-state index < -0.39 is 11.9 Å². The zero-order chi connectivity index (χ0) is 14.4. The van der Waals surface area contributed by atoms with Gasteiger partial charge in [-0.1, -0.05) is 56.5 Å². The zero-order valence-corrected chi connectivity index (χ0v) is 11.9. The summed E-state index contributed by atoms with van der Waals surface area (Å²) in [5.74, 6) is -0.915. The number of unbranched alkanes of at least 4 members (excludes halogenated alkanes) is 3. The van der Waals surface area contributed by atoms with Crippen molar-refractivity contribution in [3.63, 3.8) is 0 Å². The summed E-state index contributed by atoms with van der Waals surface area (Å²) in [6, 6.07) is 9.70. The highest BCUT2D eigenvalue weighted by molar-refractivity contribution is 6.12. The van der Waals surface area contributed by atoms with Crippen molar-refractivity contribution in [1.82, 2.24) is 0 Å². The van der Waals surface area contributed by atoms with E-state index in [1.54, 1.807) is 0 Å². The topological polar surface area (TPSA) is 43.4 Å². The van der Waals surface area contributed by atoms with Crippen LogP contribution in [0.15, 0.2) is 41.5 Å². The Morgan fingerprint density at radius 2 is 1.60 bits per heavy atom. The molecule has 0 atom stereocenters. The minimum atomic E-state index is -0.468. The van der Waals surface area contributed by atoms with Crippen molar-refractivity contribution in [2.45, 2.75) is 45.4 Å². The lowest BCUT2D eigenvalue weighted by Crippen LogP contribution is -2.03. The first-order valence-corrected chi connectivity index (χ1v) is 7.24. The molecule has 20 heavy (non-hydrogen) atoms. The van der Waals surface area contributed by atoms with Gasteiger partial charge in [0.2, 0.25) is 0 Å². The molecule has 0 spiro atoms. The van der Waals surface area contributed by atoms with E-state index in [0.29, 0.717) is 24.0 Å². The van der Waals surface area contributed by atoms with Gasteiger partial charge in [0.25, 0.3) is 0 Å². The lowest BCUT2D eigenvalue weighted by atomic mass is 9.97. The minimum absolute atomic E-state index is 0.447. The fraction of sp³-hybridized carbons (Fsp3) is 0.412. The van der Waals surface area contributed by atoms with Crippen molar-refractivity contribution in [3.8, 4) is 0 Å². The van der Waals surface area contributed by atoms with E-state index in [1.165, 1.54) is 0 Å². The SMILES string of the molecule is CCCCCCC1=C(Cc2ccccc2)C(=O)OC1=O. The van der Waals surface area contributed by atoms with E-state index >= 15 is 0 Å². The summed E-state index contributed by atoms with van der Waals surface area (Å²) in [7, 11) is 0. The molecule has 0 saturated carbocycles. The lowest BCUT2D eigenvalue weighted by molar-refractivity contribution is -0.151. The molecule has 0 saturated heterocycles. The number of esters is 2. The number of cyclic esters (lactones) is 2. The van der Waals surface area contributed by atoms with E-state index in [2.05, 4.69) is 6.92 Å². The first-order valence-electron chi connectivity index (χ1n) is 7.24. The van der Waals surface area contributed by atoms with Gasteiger partial charge in [-0.15, -0.1) is 0 Å². The van der Waals surface area contributed by atoms with Gasteiger partial charge in [-0.25, -0.2) is 9.59 Å². The van der Waals surface area contributed by atoms with Crippen molar-refractivity contribution in [2.75, 3.05) is 0 Å². The Labute approximate surface area is 119 Å². The molecular formula is C17H20O3. The molecule has 106 valence electrons.